The van der Waals surface area contributed by atoms with Gasteiger partial charge in [-0.25, -0.2) is 0 Å². The first-order valence-corrected chi connectivity index (χ1v) is 7.12. The number of amides is 1. The number of carbonyl (C=O) groups excluding carboxylic acids is 1. The topological polar surface area (TPSA) is 49.3 Å². The van der Waals surface area contributed by atoms with Crippen LogP contribution in [-0.2, 0) is 4.79 Å². The third-order valence-electron chi connectivity index (χ3n) is 2.95. The Balaban J connectivity index is 1.79. The third-order valence-corrected chi connectivity index (χ3v) is 4.47. The molecule has 1 amide bonds. The standard InChI is InChI=1S/C12H14BrNO2S/c13-10-5-9(6-17-10)1-2-11(16)14-7-12(8-15)3-4-12/h1-2,5-6,15H,3-4,7-8H2,(H,14,16)/b2-1+. The molecule has 1 saturated carbocycles. The summed E-state index contributed by atoms with van der Waals surface area (Å²) in [5, 5.41) is 13.9. The van der Waals surface area contributed by atoms with Crippen LogP contribution in [0.25, 0.3) is 6.08 Å². The molecule has 5 heteroatoms. The molecule has 0 bridgehead atoms. The zero-order valence-electron chi connectivity index (χ0n) is 9.28. The zero-order chi connectivity index (χ0) is 12.3. The van der Waals surface area contributed by atoms with Crippen molar-refractivity contribution >= 4 is 39.2 Å². The Morgan fingerprint density at radius 2 is 2.41 bits per heavy atom. The molecule has 17 heavy (non-hydrogen) atoms. The van der Waals surface area contributed by atoms with Crippen LogP contribution in [0.5, 0.6) is 0 Å². The molecule has 1 aromatic heterocycles. The number of nitrogens with one attached hydrogen (secondary N) is 1. The van der Waals surface area contributed by atoms with Gasteiger partial charge >= 0.3 is 0 Å². The third kappa shape index (κ3) is 3.66. The first kappa shape index (κ1) is 12.8. The monoisotopic (exact) mass is 315 g/mol. The smallest absolute Gasteiger partial charge is 0.244 e. The largest absolute Gasteiger partial charge is 0.396 e. The molecule has 3 nitrogen and oxygen atoms in total. The molecule has 2 N–H and O–H groups in total. The highest BCUT2D eigenvalue weighted by atomic mass is 79.9. The summed E-state index contributed by atoms with van der Waals surface area (Å²) >= 11 is 4.96. The molecular weight excluding hydrogens is 302 g/mol. The molecule has 0 aromatic carbocycles. The molecule has 0 unspecified atom stereocenters. The van der Waals surface area contributed by atoms with Crippen LogP contribution >= 0.6 is 27.3 Å². The average molecular weight is 316 g/mol. The van der Waals surface area contributed by atoms with Gasteiger partial charge in [0.2, 0.25) is 5.91 Å². The summed E-state index contributed by atoms with van der Waals surface area (Å²) in [6.07, 6.45) is 5.33. The highest BCUT2D eigenvalue weighted by Crippen LogP contribution is 2.44. The van der Waals surface area contributed by atoms with Crippen molar-refractivity contribution in [1.82, 2.24) is 5.32 Å². The van der Waals surface area contributed by atoms with E-state index in [2.05, 4.69) is 21.2 Å². The highest BCUT2D eigenvalue weighted by Gasteiger charge is 2.41. The lowest BCUT2D eigenvalue weighted by Crippen LogP contribution is -2.30. The van der Waals surface area contributed by atoms with Gasteiger partial charge in [0.05, 0.1) is 10.4 Å². The van der Waals surface area contributed by atoms with Crippen LogP contribution < -0.4 is 5.32 Å². The summed E-state index contributed by atoms with van der Waals surface area (Å²) in [6.45, 7) is 0.731. The van der Waals surface area contributed by atoms with Crippen LogP contribution in [0, 0.1) is 5.41 Å². The van der Waals surface area contributed by atoms with E-state index in [-0.39, 0.29) is 17.9 Å². The van der Waals surface area contributed by atoms with Crippen molar-refractivity contribution in [1.29, 1.82) is 0 Å². The van der Waals surface area contributed by atoms with Gasteiger partial charge in [0.15, 0.2) is 0 Å². The van der Waals surface area contributed by atoms with E-state index in [1.165, 1.54) is 6.08 Å². The number of thiophene rings is 1. The normalized spacial score (nSPS) is 17.3. The molecule has 1 aromatic rings. The number of rotatable bonds is 5. The number of aliphatic hydroxyl groups excluding tert-OH is 1. The Morgan fingerprint density at radius 3 is 2.94 bits per heavy atom. The minimum atomic E-state index is -0.105. The lowest BCUT2D eigenvalue weighted by Gasteiger charge is -2.10. The second-order valence-corrected chi connectivity index (χ2v) is 6.68. The molecule has 0 radical (unpaired) electrons. The van der Waals surface area contributed by atoms with E-state index in [9.17, 15) is 4.79 Å². The Bertz CT molecular complexity index is 437. The predicted octanol–water partition coefficient (Wildman–Crippen LogP) is 2.41. The van der Waals surface area contributed by atoms with E-state index < -0.39 is 0 Å². The first-order valence-electron chi connectivity index (χ1n) is 5.44. The number of halogens is 1. The van der Waals surface area contributed by atoms with Gasteiger partial charge in [0.1, 0.15) is 0 Å². The second-order valence-electron chi connectivity index (χ2n) is 4.39. The fourth-order valence-corrected chi connectivity index (χ4v) is 2.63. The SMILES string of the molecule is O=C(/C=C/c1csc(Br)c1)NCC1(CO)CC1. The predicted molar refractivity (Wildman–Crippen MR) is 72.8 cm³/mol. The molecule has 92 valence electrons. The number of aliphatic hydroxyl groups is 1. The van der Waals surface area contributed by atoms with Crippen molar-refractivity contribution in [2.24, 2.45) is 5.41 Å². The minimum absolute atomic E-state index is 0.0328. The van der Waals surface area contributed by atoms with Crippen molar-refractivity contribution < 1.29 is 9.90 Å². The maximum atomic E-state index is 11.5. The second kappa shape index (κ2) is 5.33. The van der Waals surface area contributed by atoms with E-state index >= 15 is 0 Å². The fourth-order valence-electron chi connectivity index (χ4n) is 1.48. The average Bonchev–Trinajstić information content (AvgIpc) is 3.00. The number of carbonyl (C=O) groups is 1. The summed E-state index contributed by atoms with van der Waals surface area (Å²) in [7, 11) is 0. The maximum absolute atomic E-state index is 11.5. The zero-order valence-corrected chi connectivity index (χ0v) is 11.7. The van der Waals surface area contributed by atoms with Crippen molar-refractivity contribution in [2.75, 3.05) is 13.2 Å². The van der Waals surface area contributed by atoms with E-state index in [0.29, 0.717) is 6.54 Å². The number of hydrogen-bond acceptors (Lipinski definition) is 3. The van der Waals surface area contributed by atoms with Crippen molar-refractivity contribution in [2.45, 2.75) is 12.8 Å². The highest BCUT2D eigenvalue weighted by molar-refractivity contribution is 9.11. The van der Waals surface area contributed by atoms with Crippen LogP contribution in [0.3, 0.4) is 0 Å². The maximum Gasteiger partial charge on any atom is 0.244 e. The molecule has 2 rings (SSSR count). The molecule has 1 fully saturated rings. The molecule has 1 aliphatic rings. The van der Waals surface area contributed by atoms with Gasteiger partial charge in [-0.1, -0.05) is 0 Å². The van der Waals surface area contributed by atoms with Gasteiger partial charge < -0.3 is 10.4 Å². The first-order chi connectivity index (χ1) is 8.13. The molecule has 0 saturated heterocycles. The van der Waals surface area contributed by atoms with Gasteiger partial charge in [-0.3, -0.25) is 4.79 Å². The fraction of sp³-hybridized carbons (Fsp3) is 0.417. The van der Waals surface area contributed by atoms with Crippen LogP contribution in [0.15, 0.2) is 21.3 Å². The van der Waals surface area contributed by atoms with Gasteiger partial charge in [-0.2, -0.15) is 0 Å². The quantitative estimate of drug-likeness (QED) is 0.820. The molecule has 1 aliphatic carbocycles. The van der Waals surface area contributed by atoms with Crippen LogP contribution in [0.1, 0.15) is 18.4 Å². The van der Waals surface area contributed by atoms with Crippen molar-refractivity contribution in [3.8, 4) is 0 Å². The molecule has 1 heterocycles. The molecule has 0 atom stereocenters. The summed E-state index contributed by atoms with van der Waals surface area (Å²) in [6, 6.07) is 1.96. The molecule has 0 aliphatic heterocycles. The van der Waals surface area contributed by atoms with Crippen molar-refractivity contribution in [3.05, 3.63) is 26.9 Å². The lowest BCUT2D eigenvalue weighted by atomic mass is 10.1. The van der Waals surface area contributed by atoms with Crippen LogP contribution in [0.4, 0.5) is 0 Å². The summed E-state index contributed by atoms with van der Waals surface area (Å²) in [5.41, 5.74) is 0.981. The van der Waals surface area contributed by atoms with Crippen LogP contribution in [-0.4, -0.2) is 24.2 Å². The Labute approximate surface area is 113 Å². The van der Waals surface area contributed by atoms with E-state index in [0.717, 1.165) is 22.2 Å². The molecular formula is C12H14BrNO2S. The van der Waals surface area contributed by atoms with E-state index in [4.69, 9.17) is 5.11 Å². The van der Waals surface area contributed by atoms with Gasteiger partial charge in [-0.15, -0.1) is 11.3 Å². The van der Waals surface area contributed by atoms with Gasteiger partial charge in [-0.05, 0) is 51.9 Å². The summed E-state index contributed by atoms with van der Waals surface area (Å²) < 4.78 is 1.05. The minimum Gasteiger partial charge on any atom is -0.396 e. The Hall–Kier alpha value is -0.650. The summed E-state index contributed by atoms with van der Waals surface area (Å²) in [4.78, 5) is 11.5. The van der Waals surface area contributed by atoms with Gasteiger partial charge in [0.25, 0.3) is 0 Å². The summed E-state index contributed by atoms with van der Waals surface area (Å²) in [5.74, 6) is -0.105. The van der Waals surface area contributed by atoms with E-state index in [1.807, 2.05) is 11.4 Å². The van der Waals surface area contributed by atoms with Crippen molar-refractivity contribution in [3.63, 3.8) is 0 Å². The Morgan fingerprint density at radius 1 is 1.65 bits per heavy atom. The Kier molecular flexibility index (Phi) is 4.01. The molecule has 0 spiro atoms. The number of hydrogen-bond donors (Lipinski definition) is 2. The van der Waals surface area contributed by atoms with Gasteiger partial charge in [0, 0.05) is 18.0 Å². The lowest BCUT2D eigenvalue weighted by molar-refractivity contribution is -0.116. The van der Waals surface area contributed by atoms with Crippen LogP contribution in [0.2, 0.25) is 0 Å². The van der Waals surface area contributed by atoms with E-state index in [1.54, 1.807) is 17.4 Å².